The van der Waals surface area contributed by atoms with Crippen molar-refractivity contribution >= 4 is 39.2 Å². The van der Waals surface area contributed by atoms with E-state index in [1.807, 2.05) is 6.92 Å². The lowest BCUT2D eigenvalue weighted by atomic mass is 10.2. The van der Waals surface area contributed by atoms with Crippen LogP contribution in [0, 0.1) is 12.7 Å². The molecular weight excluding hydrogens is 339 g/mol. The fourth-order valence-corrected chi connectivity index (χ4v) is 1.99. The highest BCUT2D eigenvalue weighted by molar-refractivity contribution is 9.10. The van der Waals surface area contributed by atoms with Crippen molar-refractivity contribution < 1.29 is 9.13 Å². The Balaban J connectivity index is 2.36. The second-order valence-electron chi connectivity index (χ2n) is 3.62. The molecule has 1 N–H and O–H groups in total. The summed E-state index contributed by atoms with van der Waals surface area (Å²) in [5.74, 6) is -0.207. The van der Waals surface area contributed by atoms with Gasteiger partial charge in [0.25, 0.3) is 0 Å². The highest BCUT2D eigenvalue weighted by atomic mass is 79.9. The van der Waals surface area contributed by atoms with Gasteiger partial charge in [-0.05, 0) is 52.2 Å². The van der Waals surface area contributed by atoms with Gasteiger partial charge < -0.3 is 10.1 Å². The first kappa shape index (κ1) is 14.0. The lowest BCUT2D eigenvalue weighted by Crippen LogP contribution is -2.03. The van der Waals surface area contributed by atoms with Crippen molar-refractivity contribution in [3.63, 3.8) is 0 Å². The van der Waals surface area contributed by atoms with E-state index >= 15 is 0 Å². The fraction of sp³-hybridized carbons (Fsp3) is 0.182. The zero-order valence-electron chi connectivity index (χ0n) is 10.0. The van der Waals surface area contributed by atoms with E-state index in [0.29, 0.717) is 10.2 Å². The summed E-state index contributed by atoms with van der Waals surface area (Å²) >= 11 is 8.84. The number of aromatic nitrogens is 3. The second kappa shape index (κ2) is 5.66. The largest absolute Gasteiger partial charge is 0.467 e. The normalized spacial score (nSPS) is 10.4. The number of nitrogens with zero attached hydrogens (tertiary/aromatic N) is 3. The standard InChI is InChI=1S/C11H9BrClFN4O/c1-5-3-6(12)7(14)4-8(5)15-10-16-9(13)17-11(18-10)19-2/h3-4H,1-2H3,(H,15,16,17,18). The average Bonchev–Trinajstić information content (AvgIpc) is 2.35. The Bertz CT molecular complexity index is 626. The predicted molar refractivity (Wildman–Crippen MR) is 73.5 cm³/mol. The number of methoxy groups -OCH3 is 1. The Kier molecular flexibility index (Phi) is 4.16. The molecule has 0 unspecified atom stereocenters. The number of benzene rings is 1. The van der Waals surface area contributed by atoms with E-state index in [1.165, 1.54) is 13.2 Å². The zero-order valence-corrected chi connectivity index (χ0v) is 12.4. The topological polar surface area (TPSA) is 59.9 Å². The Labute approximate surface area is 122 Å². The molecule has 0 radical (unpaired) electrons. The molecule has 0 aliphatic heterocycles. The number of hydrogen-bond acceptors (Lipinski definition) is 5. The van der Waals surface area contributed by atoms with Crippen LogP contribution in [0.1, 0.15) is 5.56 Å². The third-order valence-corrected chi connectivity index (χ3v) is 3.06. The van der Waals surface area contributed by atoms with Crippen molar-refractivity contribution in [3.8, 4) is 6.01 Å². The van der Waals surface area contributed by atoms with Gasteiger partial charge in [0.2, 0.25) is 11.2 Å². The van der Waals surface area contributed by atoms with Crippen molar-refractivity contribution in [1.29, 1.82) is 0 Å². The molecule has 1 aromatic carbocycles. The number of nitrogens with one attached hydrogen (secondary N) is 1. The number of ether oxygens (including phenoxy) is 1. The summed E-state index contributed by atoms with van der Waals surface area (Å²) in [4.78, 5) is 11.6. The molecule has 100 valence electrons. The Morgan fingerprint density at radius 1 is 1.32 bits per heavy atom. The van der Waals surface area contributed by atoms with E-state index < -0.39 is 0 Å². The van der Waals surface area contributed by atoms with E-state index in [0.717, 1.165) is 5.56 Å². The molecule has 2 rings (SSSR count). The van der Waals surface area contributed by atoms with Crippen LogP contribution in [0.25, 0.3) is 0 Å². The molecule has 5 nitrogen and oxygen atoms in total. The number of aryl methyl sites for hydroxylation is 1. The molecule has 1 aromatic heterocycles. The van der Waals surface area contributed by atoms with Crippen LogP contribution in [0.3, 0.4) is 0 Å². The van der Waals surface area contributed by atoms with Crippen LogP contribution in [0.15, 0.2) is 16.6 Å². The second-order valence-corrected chi connectivity index (χ2v) is 4.81. The Morgan fingerprint density at radius 2 is 2.05 bits per heavy atom. The zero-order chi connectivity index (χ0) is 14.0. The van der Waals surface area contributed by atoms with E-state index in [-0.39, 0.29) is 23.1 Å². The number of anilines is 2. The maximum atomic E-state index is 13.5. The smallest absolute Gasteiger partial charge is 0.322 e. The minimum atomic E-state index is -0.389. The van der Waals surface area contributed by atoms with Gasteiger partial charge in [-0.2, -0.15) is 15.0 Å². The highest BCUT2D eigenvalue weighted by Crippen LogP contribution is 2.26. The molecule has 0 saturated heterocycles. The van der Waals surface area contributed by atoms with Gasteiger partial charge in [0, 0.05) is 5.69 Å². The molecule has 0 bridgehead atoms. The summed E-state index contributed by atoms with van der Waals surface area (Å²) in [7, 11) is 1.42. The van der Waals surface area contributed by atoms with Crippen molar-refractivity contribution in [2.24, 2.45) is 0 Å². The third kappa shape index (κ3) is 3.30. The van der Waals surface area contributed by atoms with E-state index in [1.54, 1.807) is 6.07 Å². The summed E-state index contributed by atoms with van der Waals surface area (Å²) in [6, 6.07) is 3.07. The minimum absolute atomic E-state index is 0.00964. The summed E-state index contributed by atoms with van der Waals surface area (Å²) in [6.45, 7) is 1.83. The number of halogens is 3. The minimum Gasteiger partial charge on any atom is -0.467 e. The van der Waals surface area contributed by atoms with Crippen LogP contribution in [0.5, 0.6) is 6.01 Å². The molecule has 0 amide bonds. The Morgan fingerprint density at radius 3 is 2.74 bits per heavy atom. The van der Waals surface area contributed by atoms with Crippen LogP contribution >= 0.6 is 27.5 Å². The third-order valence-electron chi connectivity index (χ3n) is 2.28. The number of hydrogen-bond donors (Lipinski definition) is 1. The summed E-state index contributed by atoms with van der Waals surface area (Å²) < 4.78 is 18.8. The van der Waals surface area contributed by atoms with E-state index in [9.17, 15) is 4.39 Å². The molecule has 0 saturated carbocycles. The van der Waals surface area contributed by atoms with Crippen LogP contribution < -0.4 is 10.1 Å². The predicted octanol–water partition coefficient (Wildman–Crippen LogP) is 3.49. The first-order chi connectivity index (χ1) is 8.99. The number of rotatable bonds is 3. The summed E-state index contributed by atoms with van der Waals surface area (Å²) in [5, 5.41) is 2.86. The van der Waals surface area contributed by atoms with Gasteiger partial charge in [-0.25, -0.2) is 4.39 Å². The molecule has 0 aliphatic rings. The van der Waals surface area contributed by atoms with Crippen molar-refractivity contribution in [3.05, 3.63) is 33.3 Å². The van der Waals surface area contributed by atoms with Gasteiger partial charge >= 0.3 is 6.01 Å². The lowest BCUT2D eigenvalue weighted by molar-refractivity contribution is 0.379. The van der Waals surface area contributed by atoms with Gasteiger partial charge in [0.15, 0.2) is 0 Å². The summed E-state index contributed by atoms with van der Waals surface area (Å²) in [5.41, 5.74) is 1.36. The van der Waals surface area contributed by atoms with Crippen molar-refractivity contribution in [1.82, 2.24) is 15.0 Å². The van der Waals surface area contributed by atoms with Gasteiger partial charge in [0.05, 0.1) is 11.6 Å². The first-order valence-corrected chi connectivity index (χ1v) is 6.35. The van der Waals surface area contributed by atoms with E-state index in [4.69, 9.17) is 16.3 Å². The van der Waals surface area contributed by atoms with Crippen LogP contribution in [-0.2, 0) is 0 Å². The molecule has 2 aromatic rings. The van der Waals surface area contributed by atoms with Gasteiger partial charge in [-0.3, -0.25) is 0 Å². The highest BCUT2D eigenvalue weighted by Gasteiger charge is 2.09. The van der Waals surface area contributed by atoms with Gasteiger partial charge in [0.1, 0.15) is 5.82 Å². The molecule has 0 spiro atoms. The quantitative estimate of drug-likeness (QED) is 0.921. The van der Waals surface area contributed by atoms with Crippen LogP contribution in [0.4, 0.5) is 16.0 Å². The fourth-order valence-electron chi connectivity index (χ4n) is 1.38. The average molecular weight is 348 g/mol. The molecule has 19 heavy (non-hydrogen) atoms. The van der Waals surface area contributed by atoms with Crippen molar-refractivity contribution in [2.75, 3.05) is 12.4 Å². The maximum Gasteiger partial charge on any atom is 0.322 e. The van der Waals surface area contributed by atoms with Gasteiger partial charge in [-0.1, -0.05) is 0 Å². The van der Waals surface area contributed by atoms with Crippen LogP contribution in [-0.4, -0.2) is 22.1 Å². The van der Waals surface area contributed by atoms with Crippen molar-refractivity contribution in [2.45, 2.75) is 6.92 Å². The van der Waals surface area contributed by atoms with Gasteiger partial charge in [-0.15, -0.1) is 0 Å². The Hall–Kier alpha value is -1.47. The molecule has 1 heterocycles. The first-order valence-electron chi connectivity index (χ1n) is 5.18. The molecule has 0 aliphatic carbocycles. The van der Waals surface area contributed by atoms with E-state index in [2.05, 4.69) is 36.2 Å². The molecule has 0 fully saturated rings. The maximum absolute atomic E-state index is 13.5. The molecular formula is C11H9BrClFN4O. The lowest BCUT2D eigenvalue weighted by Gasteiger charge is -2.09. The monoisotopic (exact) mass is 346 g/mol. The SMILES string of the molecule is COc1nc(Cl)nc(Nc2cc(F)c(Br)cc2C)n1. The molecule has 8 heteroatoms. The molecule has 0 atom stereocenters. The summed E-state index contributed by atoms with van der Waals surface area (Å²) in [6.07, 6.45) is 0. The van der Waals surface area contributed by atoms with Crippen LogP contribution in [0.2, 0.25) is 5.28 Å².